The maximum Gasteiger partial charge on any atom is 0.243 e. The van der Waals surface area contributed by atoms with E-state index in [4.69, 9.17) is 31.3 Å². The molecule has 0 aliphatic heterocycles. The van der Waals surface area contributed by atoms with E-state index < -0.39 is 0 Å². The predicted molar refractivity (Wildman–Crippen MR) is 79.3 cm³/mol. The van der Waals surface area contributed by atoms with Crippen molar-refractivity contribution >= 4 is 11.6 Å². The highest BCUT2D eigenvalue weighted by Gasteiger charge is 2.17. The molecule has 0 saturated heterocycles. The minimum Gasteiger partial charge on any atom is -0.496 e. The maximum atomic E-state index is 6.02. The third-order valence-electron chi connectivity index (χ3n) is 3.03. The molecule has 0 bridgehead atoms. The highest BCUT2D eigenvalue weighted by Crippen LogP contribution is 2.31. The Balaban J connectivity index is 2.16. The van der Waals surface area contributed by atoms with Crippen molar-refractivity contribution in [3.05, 3.63) is 29.1 Å². The van der Waals surface area contributed by atoms with Gasteiger partial charge in [-0.1, -0.05) is 16.8 Å². The van der Waals surface area contributed by atoms with Crippen molar-refractivity contribution in [3.8, 4) is 17.1 Å². The normalized spacial score (nSPS) is 12.4. The maximum absolute atomic E-state index is 6.02. The highest BCUT2D eigenvalue weighted by atomic mass is 35.5. The molecule has 1 atom stereocenters. The molecular weight excluding hydrogens is 294 g/mol. The Morgan fingerprint density at radius 1 is 1.38 bits per heavy atom. The van der Waals surface area contributed by atoms with Gasteiger partial charge in [-0.05, 0) is 31.0 Å². The zero-order chi connectivity index (χ0) is 15.2. The van der Waals surface area contributed by atoms with Gasteiger partial charge in [-0.2, -0.15) is 4.98 Å². The van der Waals surface area contributed by atoms with Crippen LogP contribution < -0.4 is 10.5 Å². The minimum atomic E-state index is -0.306. The van der Waals surface area contributed by atoms with Crippen molar-refractivity contribution in [2.45, 2.75) is 18.9 Å². The molecule has 1 aromatic carbocycles. The van der Waals surface area contributed by atoms with Crippen LogP contribution in [0.2, 0.25) is 5.02 Å². The molecule has 114 valence electrons. The van der Waals surface area contributed by atoms with Crippen LogP contribution in [0.4, 0.5) is 0 Å². The van der Waals surface area contributed by atoms with Crippen LogP contribution in [-0.2, 0) is 4.74 Å². The van der Waals surface area contributed by atoms with E-state index in [9.17, 15) is 0 Å². The van der Waals surface area contributed by atoms with Crippen LogP contribution in [0.15, 0.2) is 22.7 Å². The molecule has 0 saturated carbocycles. The summed E-state index contributed by atoms with van der Waals surface area (Å²) in [5, 5.41) is 4.53. The summed E-state index contributed by atoms with van der Waals surface area (Å²) < 4.78 is 15.5. The monoisotopic (exact) mass is 311 g/mol. The van der Waals surface area contributed by atoms with Gasteiger partial charge in [-0.25, -0.2) is 0 Å². The van der Waals surface area contributed by atoms with Crippen LogP contribution in [-0.4, -0.2) is 31.0 Å². The first-order valence-corrected chi connectivity index (χ1v) is 6.95. The van der Waals surface area contributed by atoms with Crippen molar-refractivity contribution in [2.75, 3.05) is 20.8 Å². The van der Waals surface area contributed by atoms with Crippen LogP contribution in [0.5, 0.6) is 5.75 Å². The summed E-state index contributed by atoms with van der Waals surface area (Å²) in [6.07, 6.45) is 1.55. The zero-order valence-electron chi connectivity index (χ0n) is 12.0. The van der Waals surface area contributed by atoms with Crippen molar-refractivity contribution in [1.29, 1.82) is 0 Å². The molecule has 2 rings (SSSR count). The number of methoxy groups -OCH3 is 2. The first-order valence-electron chi connectivity index (χ1n) is 6.57. The molecule has 1 aromatic heterocycles. The molecule has 0 fully saturated rings. The van der Waals surface area contributed by atoms with Gasteiger partial charge in [0.2, 0.25) is 11.7 Å². The number of nitrogens with two attached hydrogens (primary N) is 1. The molecule has 2 N–H and O–H groups in total. The summed E-state index contributed by atoms with van der Waals surface area (Å²) in [6, 6.07) is 4.92. The van der Waals surface area contributed by atoms with Gasteiger partial charge in [-0.15, -0.1) is 0 Å². The molecule has 0 amide bonds. The first-order chi connectivity index (χ1) is 10.2. The van der Waals surface area contributed by atoms with Gasteiger partial charge in [0.05, 0.1) is 18.7 Å². The minimum absolute atomic E-state index is 0.306. The molecule has 0 aliphatic carbocycles. The third kappa shape index (κ3) is 3.93. The molecule has 6 nitrogen and oxygen atoms in total. The second-order valence-electron chi connectivity index (χ2n) is 4.54. The van der Waals surface area contributed by atoms with E-state index >= 15 is 0 Å². The molecule has 2 aromatic rings. The summed E-state index contributed by atoms with van der Waals surface area (Å²) in [5.74, 6) is 1.42. The summed E-state index contributed by atoms with van der Waals surface area (Å²) in [5.41, 5.74) is 6.73. The van der Waals surface area contributed by atoms with Gasteiger partial charge in [0.15, 0.2) is 0 Å². The average molecular weight is 312 g/mol. The number of ether oxygens (including phenoxy) is 2. The number of halogens is 1. The van der Waals surface area contributed by atoms with E-state index in [1.165, 1.54) is 0 Å². The van der Waals surface area contributed by atoms with Crippen LogP contribution >= 0.6 is 11.6 Å². The lowest BCUT2D eigenvalue weighted by atomic mass is 10.1. The van der Waals surface area contributed by atoms with Crippen molar-refractivity contribution in [2.24, 2.45) is 5.73 Å². The highest BCUT2D eigenvalue weighted by molar-refractivity contribution is 6.30. The average Bonchev–Trinajstić information content (AvgIpc) is 2.97. The molecule has 0 radical (unpaired) electrons. The molecule has 0 aliphatic rings. The fourth-order valence-electron chi connectivity index (χ4n) is 1.92. The van der Waals surface area contributed by atoms with E-state index in [1.54, 1.807) is 32.4 Å². The molecular formula is C14H18ClN3O3. The van der Waals surface area contributed by atoms with Crippen molar-refractivity contribution in [3.63, 3.8) is 0 Å². The Morgan fingerprint density at radius 2 is 2.19 bits per heavy atom. The topological polar surface area (TPSA) is 83.4 Å². The third-order valence-corrected chi connectivity index (χ3v) is 3.26. The fourth-order valence-corrected chi connectivity index (χ4v) is 2.08. The lowest BCUT2D eigenvalue weighted by Gasteiger charge is -2.06. The van der Waals surface area contributed by atoms with Gasteiger partial charge >= 0.3 is 0 Å². The number of nitrogens with zero attached hydrogens (tertiary/aromatic N) is 2. The zero-order valence-corrected chi connectivity index (χ0v) is 12.8. The number of hydrogen-bond donors (Lipinski definition) is 1. The summed E-state index contributed by atoms with van der Waals surface area (Å²) in [4.78, 5) is 4.33. The Kier molecular flexibility index (Phi) is 5.55. The predicted octanol–water partition coefficient (Wildman–Crippen LogP) is 2.83. The summed E-state index contributed by atoms with van der Waals surface area (Å²) >= 11 is 5.93. The van der Waals surface area contributed by atoms with Crippen LogP contribution in [0.1, 0.15) is 24.8 Å². The number of rotatable bonds is 7. The summed E-state index contributed by atoms with van der Waals surface area (Å²) in [6.45, 7) is 0.652. The molecule has 0 spiro atoms. The van der Waals surface area contributed by atoms with Gasteiger partial charge < -0.3 is 19.7 Å². The Morgan fingerprint density at radius 3 is 2.90 bits per heavy atom. The number of benzene rings is 1. The molecule has 1 heterocycles. The van der Waals surface area contributed by atoms with E-state index in [-0.39, 0.29) is 6.04 Å². The Bertz CT molecular complexity index is 589. The van der Waals surface area contributed by atoms with Gasteiger partial charge in [-0.3, -0.25) is 0 Å². The van der Waals surface area contributed by atoms with E-state index in [2.05, 4.69) is 10.1 Å². The SMILES string of the molecule is COCCCC(N)c1nc(-c2ccc(Cl)cc2OC)no1. The fraction of sp³-hybridized carbons (Fsp3) is 0.429. The molecule has 7 heteroatoms. The van der Waals surface area contributed by atoms with Crippen molar-refractivity contribution in [1.82, 2.24) is 10.1 Å². The van der Waals surface area contributed by atoms with Crippen LogP contribution in [0.3, 0.4) is 0 Å². The van der Waals surface area contributed by atoms with E-state index in [0.717, 1.165) is 6.42 Å². The summed E-state index contributed by atoms with van der Waals surface area (Å²) in [7, 11) is 3.22. The van der Waals surface area contributed by atoms with Gasteiger partial charge in [0.25, 0.3) is 0 Å². The quantitative estimate of drug-likeness (QED) is 0.792. The second-order valence-corrected chi connectivity index (χ2v) is 4.98. The smallest absolute Gasteiger partial charge is 0.243 e. The van der Waals surface area contributed by atoms with E-state index in [1.807, 2.05) is 0 Å². The number of hydrogen-bond acceptors (Lipinski definition) is 6. The Hall–Kier alpha value is -1.63. The Labute approximate surface area is 128 Å². The largest absolute Gasteiger partial charge is 0.496 e. The van der Waals surface area contributed by atoms with Crippen LogP contribution in [0, 0.1) is 0 Å². The lowest BCUT2D eigenvalue weighted by Crippen LogP contribution is -2.11. The molecule has 21 heavy (non-hydrogen) atoms. The van der Waals surface area contributed by atoms with E-state index in [0.29, 0.717) is 41.1 Å². The first kappa shape index (κ1) is 15.8. The number of aromatic nitrogens is 2. The standard InChI is InChI=1S/C14H18ClN3O3/c1-19-7-3-4-11(16)14-17-13(18-21-14)10-6-5-9(15)8-12(10)20-2/h5-6,8,11H,3-4,7,16H2,1-2H3. The van der Waals surface area contributed by atoms with Crippen molar-refractivity contribution < 1.29 is 14.0 Å². The lowest BCUT2D eigenvalue weighted by molar-refractivity contribution is 0.188. The van der Waals surface area contributed by atoms with Gasteiger partial charge in [0.1, 0.15) is 5.75 Å². The van der Waals surface area contributed by atoms with Crippen LogP contribution in [0.25, 0.3) is 11.4 Å². The second kappa shape index (κ2) is 7.40. The van der Waals surface area contributed by atoms with Gasteiger partial charge in [0, 0.05) is 18.7 Å². The molecule has 1 unspecified atom stereocenters.